The second-order valence-corrected chi connectivity index (χ2v) is 10.7. The summed E-state index contributed by atoms with van der Waals surface area (Å²) >= 11 is 0. The van der Waals surface area contributed by atoms with Crippen LogP contribution in [-0.4, -0.2) is 43.5 Å². The van der Waals surface area contributed by atoms with Gasteiger partial charge in [-0.2, -0.15) is 5.10 Å². The van der Waals surface area contributed by atoms with E-state index in [1.807, 2.05) is 51.1 Å². The van der Waals surface area contributed by atoms with E-state index in [2.05, 4.69) is 0 Å². The van der Waals surface area contributed by atoms with Gasteiger partial charge in [0.1, 0.15) is 17.3 Å². The molecular formula is C32H30FN3O5. The Morgan fingerprint density at radius 3 is 2.32 bits per heavy atom. The van der Waals surface area contributed by atoms with Crippen molar-refractivity contribution in [3.63, 3.8) is 0 Å². The Labute approximate surface area is 236 Å². The van der Waals surface area contributed by atoms with Crippen LogP contribution in [0.25, 0.3) is 39.3 Å². The predicted molar refractivity (Wildman–Crippen MR) is 153 cm³/mol. The summed E-state index contributed by atoms with van der Waals surface area (Å²) in [6.07, 6.45) is -1.10. The molecule has 5 aromatic rings. The molecule has 0 aliphatic carbocycles. The molecule has 0 fully saturated rings. The maximum atomic E-state index is 13.6. The fourth-order valence-electron chi connectivity index (χ4n) is 4.77. The monoisotopic (exact) mass is 555 g/mol. The van der Waals surface area contributed by atoms with Crippen molar-refractivity contribution in [2.24, 2.45) is 0 Å². The standard InChI is InChI=1S/C32H30FN3O5/c1-18-28(30(31(39)40-5)41-32(2,3)4)29(19-9-12-23(37)13-10-19)36-27(34-18)17-25(35-36)21-8-6-7-20(15-21)24-14-11-22(33)16-26(24)38/h6-17,30,37-38H,1-5H3/t30-/m0/s1. The molecule has 210 valence electrons. The Bertz CT molecular complexity index is 1760. The van der Waals surface area contributed by atoms with Gasteiger partial charge in [-0.3, -0.25) is 0 Å². The highest BCUT2D eigenvalue weighted by molar-refractivity contribution is 5.82. The number of hydrogen-bond donors (Lipinski definition) is 2. The fourth-order valence-corrected chi connectivity index (χ4v) is 4.77. The van der Waals surface area contributed by atoms with Gasteiger partial charge in [0, 0.05) is 40.1 Å². The normalized spacial score (nSPS) is 12.4. The van der Waals surface area contributed by atoms with Crippen LogP contribution in [-0.2, 0) is 14.3 Å². The lowest BCUT2D eigenvalue weighted by atomic mass is 9.98. The lowest BCUT2D eigenvalue weighted by Gasteiger charge is -2.28. The molecule has 0 saturated heterocycles. The van der Waals surface area contributed by atoms with E-state index in [0.29, 0.717) is 45.0 Å². The summed E-state index contributed by atoms with van der Waals surface area (Å²) in [6.45, 7) is 7.35. The largest absolute Gasteiger partial charge is 0.508 e. The van der Waals surface area contributed by atoms with E-state index in [1.165, 1.54) is 19.2 Å². The van der Waals surface area contributed by atoms with Crippen molar-refractivity contribution >= 4 is 11.6 Å². The number of phenols is 2. The van der Waals surface area contributed by atoms with Crippen LogP contribution in [0.3, 0.4) is 0 Å². The molecule has 0 spiro atoms. The Kier molecular flexibility index (Phi) is 7.23. The Hall–Kier alpha value is -4.76. The van der Waals surface area contributed by atoms with Crippen molar-refractivity contribution in [3.05, 3.63) is 89.9 Å². The van der Waals surface area contributed by atoms with E-state index < -0.39 is 23.5 Å². The number of fused-ring (bicyclic) bond motifs is 1. The van der Waals surface area contributed by atoms with Crippen molar-refractivity contribution in [2.45, 2.75) is 39.4 Å². The summed E-state index contributed by atoms with van der Waals surface area (Å²) in [5, 5.41) is 25.2. The summed E-state index contributed by atoms with van der Waals surface area (Å²) in [5.74, 6) is -1.18. The van der Waals surface area contributed by atoms with Gasteiger partial charge in [0.25, 0.3) is 0 Å². The molecule has 0 aliphatic rings. The summed E-state index contributed by atoms with van der Waals surface area (Å²) in [6, 6.07) is 19.7. The summed E-state index contributed by atoms with van der Waals surface area (Å²) < 4.78 is 26.6. The maximum absolute atomic E-state index is 13.6. The van der Waals surface area contributed by atoms with Crippen LogP contribution in [0.5, 0.6) is 11.5 Å². The second-order valence-electron chi connectivity index (χ2n) is 10.7. The average Bonchev–Trinajstić information content (AvgIpc) is 3.34. The van der Waals surface area contributed by atoms with Crippen LogP contribution >= 0.6 is 0 Å². The zero-order chi connectivity index (χ0) is 29.5. The first-order valence-corrected chi connectivity index (χ1v) is 13.0. The highest BCUT2D eigenvalue weighted by atomic mass is 19.1. The number of carbonyl (C=O) groups is 1. The van der Waals surface area contributed by atoms with E-state index in [9.17, 15) is 19.4 Å². The molecule has 0 bridgehead atoms. The molecule has 9 heteroatoms. The van der Waals surface area contributed by atoms with Gasteiger partial charge in [0.2, 0.25) is 0 Å². The second kappa shape index (κ2) is 10.7. The van der Waals surface area contributed by atoms with Crippen molar-refractivity contribution in [2.75, 3.05) is 7.11 Å². The van der Waals surface area contributed by atoms with E-state index in [0.717, 1.165) is 11.6 Å². The lowest BCUT2D eigenvalue weighted by Crippen LogP contribution is -2.29. The van der Waals surface area contributed by atoms with E-state index in [4.69, 9.17) is 19.6 Å². The van der Waals surface area contributed by atoms with Crippen LogP contribution in [0.2, 0.25) is 0 Å². The number of aromatic nitrogens is 3. The minimum Gasteiger partial charge on any atom is -0.508 e. The first kappa shape index (κ1) is 27.8. The predicted octanol–water partition coefficient (Wildman–Crippen LogP) is 6.62. The number of hydrogen-bond acceptors (Lipinski definition) is 7. The van der Waals surface area contributed by atoms with Gasteiger partial charge in [-0.25, -0.2) is 18.7 Å². The first-order valence-electron chi connectivity index (χ1n) is 13.0. The van der Waals surface area contributed by atoms with Gasteiger partial charge in [-0.05, 0) is 75.7 Å². The molecule has 5 rings (SSSR count). The van der Waals surface area contributed by atoms with Gasteiger partial charge in [0.15, 0.2) is 11.8 Å². The molecule has 0 amide bonds. The number of aryl methyl sites for hydroxylation is 1. The number of ether oxygens (including phenoxy) is 2. The van der Waals surface area contributed by atoms with E-state index >= 15 is 0 Å². The van der Waals surface area contributed by atoms with Crippen molar-refractivity contribution in [1.82, 2.24) is 14.6 Å². The van der Waals surface area contributed by atoms with Crippen molar-refractivity contribution in [3.8, 4) is 45.1 Å². The topological polar surface area (TPSA) is 106 Å². The summed E-state index contributed by atoms with van der Waals surface area (Å²) in [5.41, 5.74) is 4.62. The molecule has 1 atom stereocenters. The zero-order valence-electron chi connectivity index (χ0n) is 23.3. The molecular weight excluding hydrogens is 525 g/mol. The van der Waals surface area contributed by atoms with E-state index in [-0.39, 0.29) is 11.5 Å². The van der Waals surface area contributed by atoms with Crippen molar-refractivity contribution in [1.29, 1.82) is 0 Å². The third-order valence-electron chi connectivity index (χ3n) is 6.55. The molecule has 0 unspecified atom stereocenters. The number of esters is 1. The van der Waals surface area contributed by atoms with Crippen LogP contribution < -0.4 is 0 Å². The fraction of sp³-hybridized carbons (Fsp3) is 0.219. The molecule has 0 radical (unpaired) electrons. The molecule has 0 saturated carbocycles. The highest BCUT2D eigenvalue weighted by Gasteiger charge is 2.34. The van der Waals surface area contributed by atoms with Gasteiger partial charge in [0.05, 0.1) is 24.1 Å². The third kappa shape index (κ3) is 5.62. The highest BCUT2D eigenvalue weighted by Crippen LogP contribution is 2.38. The minimum absolute atomic E-state index is 0.0924. The van der Waals surface area contributed by atoms with Crippen LogP contribution in [0, 0.1) is 12.7 Å². The van der Waals surface area contributed by atoms with Gasteiger partial charge in [-0.15, -0.1) is 0 Å². The first-order chi connectivity index (χ1) is 19.4. The number of aromatic hydroxyl groups is 2. The number of halogens is 1. The summed E-state index contributed by atoms with van der Waals surface area (Å²) in [7, 11) is 1.31. The Morgan fingerprint density at radius 1 is 0.951 bits per heavy atom. The molecule has 2 aromatic heterocycles. The molecule has 8 nitrogen and oxygen atoms in total. The zero-order valence-corrected chi connectivity index (χ0v) is 23.3. The SMILES string of the molecule is COC(=O)[C@@H](OC(C)(C)C)c1c(C)nc2cc(-c3cccc(-c4ccc(F)cc4O)c3)nn2c1-c1ccc(O)cc1. The Morgan fingerprint density at radius 2 is 1.66 bits per heavy atom. The number of phenolic OH excluding ortho intramolecular Hbond substituents is 2. The molecule has 2 heterocycles. The smallest absolute Gasteiger partial charge is 0.339 e. The number of benzene rings is 3. The molecule has 0 aliphatic heterocycles. The van der Waals surface area contributed by atoms with Gasteiger partial charge in [-0.1, -0.05) is 18.2 Å². The molecule has 3 aromatic carbocycles. The van der Waals surface area contributed by atoms with Crippen LogP contribution in [0.15, 0.2) is 72.8 Å². The third-order valence-corrected chi connectivity index (χ3v) is 6.55. The number of methoxy groups -OCH3 is 1. The van der Waals surface area contributed by atoms with E-state index in [1.54, 1.807) is 35.7 Å². The van der Waals surface area contributed by atoms with Crippen LogP contribution in [0.1, 0.15) is 38.1 Å². The van der Waals surface area contributed by atoms with Gasteiger partial charge < -0.3 is 19.7 Å². The number of rotatable bonds is 6. The minimum atomic E-state index is -1.10. The molecule has 2 N–H and O–H groups in total. The number of carbonyl (C=O) groups excluding carboxylic acids is 1. The maximum Gasteiger partial charge on any atom is 0.339 e. The Balaban J connectivity index is 1.74. The molecule has 41 heavy (non-hydrogen) atoms. The van der Waals surface area contributed by atoms with Crippen LogP contribution in [0.4, 0.5) is 4.39 Å². The number of nitrogens with zero attached hydrogens (tertiary/aromatic N) is 3. The quantitative estimate of drug-likeness (QED) is 0.227. The van der Waals surface area contributed by atoms with Gasteiger partial charge >= 0.3 is 5.97 Å². The lowest BCUT2D eigenvalue weighted by molar-refractivity contribution is -0.164. The average molecular weight is 556 g/mol. The summed E-state index contributed by atoms with van der Waals surface area (Å²) in [4.78, 5) is 17.9. The van der Waals surface area contributed by atoms with Crippen molar-refractivity contribution < 1.29 is 28.9 Å².